The highest BCUT2D eigenvalue weighted by Gasteiger charge is 2.40. The number of amides is 9. The monoisotopic (exact) mass is 1650 g/mol. The van der Waals surface area contributed by atoms with Crippen LogP contribution in [0.1, 0.15) is 72.5 Å². The summed E-state index contributed by atoms with van der Waals surface area (Å²) >= 11 is 4.44. The van der Waals surface area contributed by atoms with Crippen molar-refractivity contribution < 1.29 is 78.6 Å². The standard InChI is InChI=1S/C17H31N5O4.C15H23N5O2.C15H28N4O3S.C13H24N4O3S.C13H23N3O4S/c1-11(16(25)15(21(5)6)17(26)18-2)9-12-19-13(23)10-14(24)22(12)8-7-20(3)4;1-9(13(21)12(20(3)4)15(22)16-2)8-11-18-10-6-5-7-17-14(10)19-11;1-9(13(20)12(18(3)4)14(21)16-2)7-11-17-10(8-23-11)15(22)19(5)6;1-7(5-9-16-8(6-21-9)12(14)19)11(18)10(17(3)4)13(20)15-2;1-7(5-9-15-8(6-21-9)13(19)20)11(17)10(16(3)4)12(18)14-2/h11,15-16,25H,7-10H2,1-6H3,(H,18,26);5-7,9,12-13,21H,8H2,1-4H3,(H,16,22)(H,17,18,19);9-10,12-13,20H,7-8H2,1-6H3,(H,16,21);7-8,10-11,18H,5-6H2,1-4H3,(H2,14,19)(H,15,20);7-8,10-11,17H,5-6H2,1-4H3,(H,14,18)(H,19,20)/t11-,15-,16-;9-,12-,13-;9-,10?,12-,13-;2*7-,8?,10-,11-/m11111/s1. The van der Waals surface area contributed by atoms with Crippen molar-refractivity contribution in [2.24, 2.45) is 55.3 Å². The molecular weight excluding hydrogens is 1520 g/mol. The number of nitrogens with two attached hydrogens (primary N) is 1. The summed E-state index contributed by atoms with van der Waals surface area (Å²) in [5.74, 6) is -1.55. The van der Waals surface area contributed by atoms with Crippen molar-refractivity contribution >= 4 is 127 Å². The second-order valence-corrected chi connectivity index (χ2v) is 33.3. The van der Waals surface area contributed by atoms with E-state index in [-0.39, 0.29) is 89.8 Å². The number of carboxylic acid groups (broad SMARTS) is 1. The van der Waals surface area contributed by atoms with Crippen molar-refractivity contribution in [1.82, 2.24) is 80.7 Å². The zero-order chi connectivity index (χ0) is 86.3. The number of carbonyl (C=O) groups is 10. The number of carboxylic acids is 1. The van der Waals surface area contributed by atoms with Crippen molar-refractivity contribution in [3.8, 4) is 0 Å². The number of fused-ring (bicyclic) bond motifs is 1. The number of amidine groups is 1. The lowest BCUT2D eigenvalue weighted by molar-refractivity contribution is -0.138. The summed E-state index contributed by atoms with van der Waals surface area (Å²) in [7, 11) is 32.4. The number of H-pyrrole nitrogens is 1. The molecule has 0 fully saturated rings. The summed E-state index contributed by atoms with van der Waals surface area (Å²) in [4.78, 5) is 160. The van der Waals surface area contributed by atoms with Crippen LogP contribution >= 0.6 is 35.3 Å². The van der Waals surface area contributed by atoms with E-state index in [1.807, 2.05) is 58.8 Å². The highest BCUT2D eigenvalue weighted by Crippen LogP contribution is 2.30. The molecule has 640 valence electrons. The smallest absolute Gasteiger partial charge is 0.329 e. The minimum Gasteiger partial charge on any atom is -0.480 e. The largest absolute Gasteiger partial charge is 0.480 e. The van der Waals surface area contributed by atoms with E-state index in [2.05, 4.69) is 61.5 Å². The number of carbonyl (C=O) groups excluding carboxylic acids is 9. The Bertz CT molecular complexity index is 3450. The summed E-state index contributed by atoms with van der Waals surface area (Å²) in [5, 5.41) is 76.7. The number of aromatic nitrogens is 3. The topological polar surface area (TPSA) is 495 Å². The number of hydrogen-bond acceptors (Lipinski definition) is 29. The van der Waals surface area contributed by atoms with E-state index in [0.717, 1.165) is 26.5 Å². The first-order chi connectivity index (χ1) is 52.7. The van der Waals surface area contributed by atoms with E-state index >= 15 is 0 Å². The van der Waals surface area contributed by atoms with Crippen LogP contribution in [-0.2, 0) is 54.4 Å². The maximum atomic E-state index is 12.2. The highest BCUT2D eigenvalue weighted by molar-refractivity contribution is 8.14. The lowest BCUT2D eigenvalue weighted by atomic mass is 9.92. The Kier molecular flexibility index (Phi) is 44.8. The van der Waals surface area contributed by atoms with Gasteiger partial charge in [0.15, 0.2) is 11.7 Å². The molecular formula is C73H129N21O16S3. The van der Waals surface area contributed by atoms with Crippen LogP contribution in [0.15, 0.2) is 38.3 Å². The van der Waals surface area contributed by atoms with Crippen molar-refractivity contribution in [3.63, 3.8) is 0 Å². The van der Waals surface area contributed by atoms with E-state index in [9.17, 15) is 73.5 Å². The third-order valence-electron chi connectivity index (χ3n) is 19.1. The number of nitrogens with one attached hydrogen (secondary N) is 6. The first-order valence-electron chi connectivity index (χ1n) is 37.2. The summed E-state index contributed by atoms with van der Waals surface area (Å²) in [6, 6.07) is -0.960. The average Bonchev–Trinajstić information content (AvgIpc) is 1.81. The molecule has 3 unspecified atom stereocenters. The highest BCUT2D eigenvalue weighted by atomic mass is 32.2. The quantitative estimate of drug-likeness (QED) is 0.0309. The Morgan fingerprint density at radius 1 is 0.522 bits per heavy atom. The van der Waals surface area contributed by atoms with Crippen molar-refractivity contribution in [2.75, 3.05) is 164 Å². The molecule has 37 nitrogen and oxygen atoms in total. The number of nitrogens with zero attached hydrogens (tertiary/aromatic N) is 14. The van der Waals surface area contributed by atoms with Gasteiger partial charge in [0.25, 0.3) is 5.91 Å². The van der Waals surface area contributed by atoms with Gasteiger partial charge in [0, 0.05) is 118 Å². The zero-order valence-corrected chi connectivity index (χ0v) is 72.7. The van der Waals surface area contributed by atoms with Crippen molar-refractivity contribution in [3.05, 3.63) is 24.2 Å². The number of hydrogen-bond donors (Lipinski definition) is 13. The number of thioether (sulfide) groups is 3. The van der Waals surface area contributed by atoms with Crippen molar-refractivity contribution in [1.29, 1.82) is 0 Å². The van der Waals surface area contributed by atoms with E-state index in [4.69, 9.17) is 10.8 Å². The summed E-state index contributed by atoms with van der Waals surface area (Å²) in [6.45, 7) is 10.3. The van der Waals surface area contributed by atoms with Gasteiger partial charge in [-0.05, 0) is 126 Å². The molecule has 40 heteroatoms. The molecule has 14 N–H and O–H groups in total. The van der Waals surface area contributed by atoms with Gasteiger partial charge < -0.3 is 77.7 Å². The van der Waals surface area contributed by atoms with Gasteiger partial charge in [0.1, 0.15) is 60.4 Å². The molecule has 113 heavy (non-hydrogen) atoms. The minimum atomic E-state index is -0.976. The maximum absolute atomic E-state index is 12.2. The van der Waals surface area contributed by atoms with E-state index in [0.29, 0.717) is 67.5 Å². The number of primary amides is 1. The van der Waals surface area contributed by atoms with Crippen LogP contribution in [0, 0.1) is 29.6 Å². The molecule has 0 spiro atoms. The number of pyridine rings is 1. The SMILES string of the molecule is CNC(=O)[C@@H]([C@H](O)[C@H](C)CC1=NC(=O)CC(=O)N1CCN(C)C)N(C)C.CNC(=O)[C@@H]([C@H](O)[C@H](C)CC1=NC(C(=O)N(C)C)CS1)N(C)C.CNC(=O)[C@@H]([C@H](O)[C@H](C)CC1=NC(C(=O)O)CS1)N(C)C.CNC(=O)[C@@H]([C@H](O)[C@H](C)CC1=NC(C(N)=O)CS1)N(C)C.CNC(=O)[C@@H]([C@H](O)[C@H](C)Cc1nc2ncccc2[nH]1)N(C)C. The van der Waals surface area contributed by atoms with Crippen LogP contribution < -0.4 is 32.3 Å². The van der Waals surface area contributed by atoms with Crippen LogP contribution in [0.2, 0.25) is 0 Å². The van der Waals surface area contributed by atoms with Gasteiger partial charge in [-0.15, -0.1) is 35.3 Å². The molecule has 4 aliphatic heterocycles. The van der Waals surface area contributed by atoms with Crippen LogP contribution in [0.4, 0.5) is 0 Å². The predicted octanol–water partition coefficient (Wildman–Crippen LogP) is -2.71. The van der Waals surface area contributed by atoms with Crippen molar-refractivity contribution in [2.45, 2.75) is 152 Å². The van der Waals surface area contributed by atoms with Gasteiger partial charge in [-0.1, -0.05) is 34.6 Å². The van der Waals surface area contributed by atoms with Crippen LogP contribution in [0.3, 0.4) is 0 Å². The van der Waals surface area contributed by atoms with Gasteiger partial charge in [-0.25, -0.2) is 14.8 Å². The normalized spacial score (nSPS) is 20.2. The van der Waals surface area contributed by atoms with Crippen LogP contribution in [0.25, 0.3) is 11.2 Å². The Balaban J connectivity index is 0.000000480. The van der Waals surface area contributed by atoms with Gasteiger partial charge in [0.2, 0.25) is 47.3 Å². The number of aliphatic hydroxyl groups is 5. The summed E-state index contributed by atoms with van der Waals surface area (Å²) < 4.78 is 0. The molecule has 6 rings (SSSR count). The molecule has 6 heterocycles. The molecule has 9 amide bonds. The maximum Gasteiger partial charge on any atom is 0.329 e. The van der Waals surface area contributed by atoms with Gasteiger partial charge >= 0.3 is 5.97 Å². The molecule has 0 bridgehead atoms. The first-order valence-corrected chi connectivity index (χ1v) is 40.2. The Morgan fingerprint density at radius 2 is 0.858 bits per heavy atom. The fraction of sp³-hybridized carbons (Fsp3) is 0.726. The molecule has 0 saturated heterocycles. The Labute approximate surface area is 678 Å². The predicted molar refractivity (Wildman–Crippen MR) is 444 cm³/mol. The molecule has 0 radical (unpaired) electrons. The number of imidazole rings is 1. The summed E-state index contributed by atoms with van der Waals surface area (Å²) in [5.41, 5.74) is 6.76. The van der Waals surface area contributed by atoms with Gasteiger partial charge in [0.05, 0.1) is 51.2 Å². The summed E-state index contributed by atoms with van der Waals surface area (Å²) in [6.07, 6.45) is -0.470. The molecule has 4 aliphatic rings. The number of rotatable bonds is 36. The molecule has 0 aliphatic carbocycles. The van der Waals surface area contributed by atoms with Crippen LogP contribution in [0.5, 0.6) is 0 Å². The average molecular weight is 1650 g/mol. The van der Waals surface area contributed by atoms with Gasteiger partial charge in [-0.3, -0.25) is 87.5 Å². The van der Waals surface area contributed by atoms with E-state index in [1.165, 1.54) is 42.5 Å². The molecule has 2 aromatic rings. The fourth-order valence-corrected chi connectivity index (χ4v) is 15.9. The fourth-order valence-electron chi connectivity index (χ4n) is 12.4. The third kappa shape index (κ3) is 32.1. The Hall–Kier alpha value is -7.19. The number of aliphatic carboxylic acids is 1. The van der Waals surface area contributed by atoms with Crippen LogP contribution in [-0.4, -0.2) is 408 Å². The molecule has 18 atom stereocenters. The van der Waals surface area contributed by atoms with E-state index < -0.39 is 90.6 Å². The molecule has 0 saturated carbocycles. The minimum absolute atomic E-state index is 0.00256. The number of aliphatic imine (C=N–C) groups is 4. The lowest BCUT2D eigenvalue weighted by Gasteiger charge is -2.34. The lowest BCUT2D eigenvalue weighted by Crippen LogP contribution is -2.53. The number of likely N-dealkylation sites (N-methyl/N-ethyl adjacent to an activating group) is 12. The van der Waals surface area contributed by atoms with E-state index in [1.54, 1.807) is 160 Å². The second-order valence-electron chi connectivity index (χ2n) is 30.0. The van der Waals surface area contributed by atoms with Gasteiger partial charge in [-0.2, -0.15) is 4.99 Å². The second kappa shape index (κ2) is 49.7. The molecule has 2 aromatic heterocycles. The third-order valence-corrected chi connectivity index (χ3v) is 22.4. The first kappa shape index (κ1) is 102. The Morgan fingerprint density at radius 3 is 1.17 bits per heavy atom. The zero-order valence-electron chi connectivity index (χ0n) is 70.2. The number of aliphatic hydroxyl groups excluding tert-OH is 5. The number of aromatic amines is 1. The molecule has 0 aromatic carbocycles.